The number of hydrogen-bond acceptors (Lipinski definition) is 5. The van der Waals surface area contributed by atoms with E-state index in [2.05, 4.69) is 5.32 Å². The number of fused-ring (bicyclic) bond motifs is 2. The number of ketones is 3. The van der Waals surface area contributed by atoms with E-state index in [1.807, 2.05) is 0 Å². The maximum Gasteiger partial charge on any atom is 0.196 e. The fourth-order valence-corrected chi connectivity index (χ4v) is 2.94. The van der Waals surface area contributed by atoms with Crippen LogP contribution in [-0.2, 0) is 0 Å². The molecule has 0 saturated heterocycles. The third kappa shape index (κ3) is 2.04. The van der Waals surface area contributed by atoms with E-state index in [-0.39, 0.29) is 46.1 Å². The van der Waals surface area contributed by atoms with Crippen LogP contribution in [-0.4, -0.2) is 24.4 Å². The summed E-state index contributed by atoms with van der Waals surface area (Å²) in [5, 5.41) is 2.90. The highest BCUT2D eigenvalue weighted by Gasteiger charge is 2.34. The molecule has 0 heterocycles. The van der Waals surface area contributed by atoms with Gasteiger partial charge in [0.1, 0.15) is 0 Å². The molecule has 0 saturated carbocycles. The van der Waals surface area contributed by atoms with Gasteiger partial charge >= 0.3 is 0 Å². The van der Waals surface area contributed by atoms with E-state index in [1.165, 1.54) is 0 Å². The van der Waals surface area contributed by atoms with E-state index >= 15 is 0 Å². The first-order chi connectivity index (χ1) is 11.0. The number of benzene rings is 2. The van der Waals surface area contributed by atoms with E-state index in [1.54, 1.807) is 44.3 Å². The van der Waals surface area contributed by atoms with Crippen molar-refractivity contribution in [2.45, 2.75) is 13.3 Å². The Morgan fingerprint density at radius 3 is 2.17 bits per heavy atom. The van der Waals surface area contributed by atoms with Gasteiger partial charge < -0.3 is 11.1 Å². The van der Waals surface area contributed by atoms with Gasteiger partial charge in [0.25, 0.3) is 0 Å². The number of carbonyl (C=O) groups is 3. The second-order valence-corrected chi connectivity index (χ2v) is 5.37. The third-order valence-electron chi connectivity index (χ3n) is 4.13. The summed E-state index contributed by atoms with van der Waals surface area (Å²) in [5.41, 5.74) is 7.93. The SMILES string of the molecule is CCC(=O)c1cc(NC)c2c(c1N)C(=O)c1ccccc1C2=O. The van der Waals surface area contributed by atoms with Crippen molar-refractivity contribution in [3.63, 3.8) is 0 Å². The van der Waals surface area contributed by atoms with Crippen LogP contribution < -0.4 is 11.1 Å². The highest BCUT2D eigenvalue weighted by molar-refractivity contribution is 6.32. The minimum Gasteiger partial charge on any atom is -0.398 e. The lowest BCUT2D eigenvalue weighted by atomic mass is 9.80. The Kier molecular flexibility index (Phi) is 3.48. The molecule has 1 aliphatic rings. The summed E-state index contributed by atoms with van der Waals surface area (Å²) in [6.45, 7) is 1.72. The van der Waals surface area contributed by atoms with Crippen LogP contribution in [0, 0.1) is 0 Å². The number of Topliss-reactive ketones (excluding diaryl/α,β-unsaturated/α-hetero) is 1. The highest BCUT2D eigenvalue weighted by atomic mass is 16.1. The molecule has 0 aromatic heterocycles. The first-order valence-corrected chi connectivity index (χ1v) is 7.37. The number of nitrogen functional groups attached to an aromatic ring is 1. The number of anilines is 2. The lowest BCUT2D eigenvalue weighted by Crippen LogP contribution is -2.25. The number of rotatable bonds is 3. The topological polar surface area (TPSA) is 89.3 Å². The molecule has 23 heavy (non-hydrogen) atoms. The molecule has 0 radical (unpaired) electrons. The average Bonchev–Trinajstić information content (AvgIpc) is 2.58. The minimum absolute atomic E-state index is 0.0821. The Balaban J connectivity index is 2.38. The lowest BCUT2D eigenvalue weighted by molar-refractivity contribution is 0.0976. The Morgan fingerprint density at radius 1 is 1.09 bits per heavy atom. The van der Waals surface area contributed by atoms with Crippen molar-refractivity contribution in [2.24, 2.45) is 0 Å². The van der Waals surface area contributed by atoms with Gasteiger partial charge in [-0.2, -0.15) is 0 Å². The summed E-state index contributed by atoms with van der Waals surface area (Å²) in [5.74, 6) is -0.752. The van der Waals surface area contributed by atoms with Crippen LogP contribution in [0.5, 0.6) is 0 Å². The zero-order valence-electron chi connectivity index (χ0n) is 12.9. The van der Waals surface area contributed by atoms with Crippen molar-refractivity contribution in [1.82, 2.24) is 0 Å². The summed E-state index contributed by atoms with van der Waals surface area (Å²) >= 11 is 0. The van der Waals surface area contributed by atoms with Crippen LogP contribution in [0.4, 0.5) is 11.4 Å². The molecule has 5 heteroatoms. The molecule has 0 amide bonds. The second-order valence-electron chi connectivity index (χ2n) is 5.37. The molecular weight excluding hydrogens is 292 g/mol. The molecule has 0 fully saturated rings. The molecule has 2 aromatic carbocycles. The minimum atomic E-state index is -0.324. The van der Waals surface area contributed by atoms with Crippen LogP contribution in [0.1, 0.15) is 55.5 Å². The Labute approximate surface area is 133 Å². The van der Waals surface area contributed by atoms with Crippen LogP contribution >= 0.6 is 0 Å². The molecule has 0 aliphatic heterocycles. The lowest BCUT2D eigenvalue weighted by Gasteiger charge is -2.23. The van der Waals surface area contributed by atoms with Crippen molar-refractivity contribution in [2.75, 3.05) is 18.1 Å². The number of nitrogens with one attached hydrogen (secondary N) is 1. The predicted octanol–water partition coefficient (Wildman–Crippen LogP) is 2.68. The molecule has 0 unspecified atom stereocenters. The molecule has 1 aliphatic carbocycles. The maximum absolute atomic E-state index is 12.8. The fourth-order valence-electron chi connectivity index (χ4n) is 2.94. The van der Waals surface area contributed by atoms with Crippen molar-refractivity contribution < 1.29 is 14.4 Å². The van der Waals surface area contributed by atoms with Gasteiger partial charge in [-0.05, 0) is 6.07 Å². The molecular formula is C18H16N2O3. The van der Waals surface area contributed by atoms with E-state index < -0.39 is 0 Å². The maximum atomic E-state index is 12.8. The van der Waals surface area contributed by atoms with Gasteiger partial charge in [-0.1, -0.05) is 31.2 Å². The summed E-state index contributed by atoms with van der Waals surface area (Å²) in [6, 6.07) is 8.20. The third-order valence-corrected chi connectivity index (χ3v) is 4.13. The molecule has 0 spiro atoms. The molecule has 3 N–H and O–H groups in total. The van der Waals surface area contributed by atoms with Crippen molar-refractivity contribution in [3.8, 4) is 0 Å². The largest absolute Gasteiger partial charge is 0.398 e. The standard InChI is InChI=1S/C18H16N2O3/c1-3-13(21)11-8-12(20-2)14-15(16(11)19)18(23)10-7-5-4-6-9(10)17(14)22/h4-8,20H,3,19H2,1-2H3. The van der Waals surface area contributed by atoms with Crippen LogP contribution in [0.3, 0.4) is 0 Å². The van der Waals surface area contributed by atoms with Crippen molar-refractivity contribution in [1.29, 1.82) is 0 Å². The molecule has 116 valence electrons. The second kappa shape index (κ2) is 5.35. The molecule has 3 rings (SSSR count). The smallest absolute Gasteiger partial charge is 0.196 e. The number of hydrogen-bond donors (Lipinski definition) is 2. The van der Waals surface area contributed by atoms with Crippen LogP contribution in [0.25, 0.3) is 0 Å². The number of nitrogens with two attached hydrogens (primary N) is 1. The van der Waals surface area contributed by atoms with Gasteiger partial charge in [0.15, 0.2) is 17.3 Å². The summed E-state index contributed by atoms with van der Waals surface area (Å²) in [4.78, 5) is 37.8. The summed E-state index contributed by atoms with van der Waals surface area (Å²) in [7, 11) is 1.64. The predicted molar refractivity (Wildman–Crippen MR) is 88.3 cm³/mol. The molecule has 0 atom stereocenters. The van der Waals surface area contributed by atoms with Crippen LogP contribution in [0.2, 0.25) is 0 Å². The Morgan fingerprint density at radius 2 is 1.65 bits per heavy atom. The van der Waals surface area contributed by atoms with Gasteiger partial charge in [-0.15, -0.1) is 0 Å². The summed E-state index contributed by atoms with van der Waals surface area (Å²) < 4.78 is 0. The van der Waals surface area contributed by atoms with Crippen LogP contribution in [0.15, 0.2) is 30.3 Å². The quantitative estimate of drug-likeness (QED) is 0.573. The normalized spacial score (nSPS) is 12.6. The Bertz CT molecular complexity index is 869. The van der Waals surface area contributed by atoms with E-state index in [9.17, 15) is 14.4 Å². The molecule has 5 nitrogen and oxygen atoms in total. The van der Waals surface area contributed by atoms with Gasteiger partial charge in [-0.25, -0.2) is 0 Å². The zero-order chi connectivity index (χ0) is 16.7. The van der Waals surface area contributed by atoms with E-state index in [4.69, 9.17) is 5.73 Å². The van der Waals surface area contributed by atoms with Crippen molar-refractivity contribution in [3.05, 3.63) is 58.1 Å². The van der Waals surface area contributed by atoms with E-state index in [0.717, 1.165) is 0 Å². The average molecular weight is 308 g/mol. The number of carbonyl (C=O) groups excluding carboxylic acids is 3. The zero-order valence-corrected chi connectivity index (χ0v) is 12.9. The first kappa shape index (κ1) is 15.0. The van der Waals surface area contributed by atoms with Gasteiger partial charge in [0.2, 0.25) is 0 Å². The monoisotopic (exact) mass is 308 g/mol. The first-order valence-electron chi connectivity index (χ1n) is 7.37. The van der Waals surface area contributed by atoms with Gasteiger partial charge in [0, 0.05) is 35.8 Å². The summed E-state index contributed by atoms with van der Waals surface area (Å²) in [6.07, 6.45) is 0.269. The van der Waals surface area contributed by atoms with E-state index in [0.29, 0.717) is 16.8 Å². The fraction of sp³-hybridized carbons (Fsp3) is 0.167. The molecule has 2 aromatic rings. The Hall–Kier alpha value is -2.95. The molecule has 0 bridgehead atoms. The van der Waals surface area contributed by atoms with Gasteiger partial charge in [0.05, 0.1) is 16.8 Å². The van der Waals surface area contributed by atoms with Crippen molar-refractivity contribution >= 4 is 28.7 Å². The van der Waals surface area contributed by atoms with Gasteiger partial charge in [-0.3, -0.25) is 14.4 Å². The highest BCUT2D eigenvalue weighted by Crippen LogP contribution is 2.37.